The summed E-state index contributed by atoms with van der Waals surface area (Å²) in [4.78, 5) is 5.26. The lowest BCUT2D eigenvalue weighted by molar-refractivity contribution is 0.174. The number of ether oxygens (including phenoxy) is 2. The molecule has 3 nitrogen and oxygen atoms in total. The normalized spacial score (nSPS) is 22.2. The van der Waals surface area contributed by atoms with Gasteiger partial charge >= 0.3 is 0 Å². The average Bonchev–Trinajstić information content (AvgIpc) is 3.29. The molecule has 26 heavy (non-hydrogen) atoms. The van der Waals surface area contributed by atoms with Crippen molar-refractivity contribution in [3.8, 4) is 11.5 Å². The van der Waals surface area contributed by atoms with Crippen LogP contribution in [0.5, 0.6) is 11.5 Å². The van der Waals surface area contributed by atoms with E-state index in [9.17, 15) is 0 Å². The van der Waals surface area contributed by atoms with E-state index in [1.807, 2.05) is 6.07 Å². The van der Waals surface area contributed by atoms with Crippen LogP contribution in [0, 0.1) is 5.92 Å². The van der Waals surface area contributed by atoms with Crippen LogP contribution < -0.4 is 9.47 Å². The van der Waals surface area contributed by atoms with Crippen molar-refractivity contribution >= 4 is 13.8 Å². The molecule has 0 fully saturated rings. The minimum Gasteiger partial charge on any atom is -0.454 e. The third-order valence-electron chi connectivity index (χ3n) is 6.92. The fourth-order valence-corrected chi connectivity index (χ4v) is 9.93. The van der Waals surface area contributed by atoms with Crippen LogP contribution in [-0.4, -0.2) is 26.6 Å². The predicted molar refractivity (Wildman–Crippen MR) is 113 cm³/mol. The summed E-state index contributed by atoms with van der Waals surface area (Å²) in [5, 5.41) is 0. The highest BCUT2D eigenvalue weighted by Crippen LogP contribution is 2.45. The van der Waals surface area contributed by atoms with Crippen LogP contribution in [0.25, 0.3) is 0 Å². The Balaban J connectivity index is 1.69. The first-order valence-electron chi connectivity index (χ1n) is 10.5. The zero-order chi connectivity index (χ0) is 18.7. The Morgan fingerprint density at radius 3 is 2.38 bits per heavy atom. The molecule has 144 valence electrons. The van der Waals surface area contributed by atoms with Crippen molar-refractivity contribution in [2.24, 2.45) is 10.9 Å². The second-order valence-corrected chi connectivity index (χ2v) is 13.9. The van der Waals surface area contributed by atoms with Gasteiger partial charge in [0.05, 0.1) is 14.1 Å². The Morgan fingerprint density at radius 2 is 1.73 bits per heavy atom. The summed E-state index contributed by atoms with van der Waals surface area (Å²) in [7, 11) is -1.23. The molecule has 0 saturated heterocycles. The summed E-state index contributed by atoms with van der Waals surface area (Å²) in [5.41, 5.74) is 3.62. The molecule has 1 aromatic rings. The van der Waals surface area contributed by atoms with Gasteiger partial charge in [0.25, 0.3) is 0 Å². The van der Waals surface area contributed by atoms with Crippen LogP contribution in [0.3, 0.4) is 0 Å². The van der Waals surface area contributed by atoms with E-state index in [-0.39, 0.29) is 0 Å². The van der Waals surface area contributed by atoms with E-state index in [1.165, 1.54) is 35.8 Å². The minimum absolute atomic E-state index is 0.348. The fourth-order valence-electron chi connectivity index (χ4n) is 5.01. The number of fused-ring (bicyclic) bond motifs is 1. The van der Waals surface area contributed by atoms with Crippen LogP contribution in [0.4, 0.5) is 0 Å². The van der Waals surface area contributed by atoms with E-state index in [1.54, 1.807) is 0 Å². The molecule has 0 aromatic heterocycles. The number of hydrogen-bond acceptors (Lipinski definition) is 3. The summed E-state index contributed by atoms with van der Waals surface area (Å²) < 4.78 is 10.9. The van der Waals surface area contributed by atoms with Gasteiger partial charge in [0, 0.05) is 5.71 Å². The van der Waals surface area contributed by atoms with E-state index in [0.717, 1.165) is 29.9 Å². The van der Waals surface area contributed by atoms with Crippen molar-refractivity contribution in [2.75, 3.05) is 6.79 Å². The van der Waals surface area contributed by atoms with E-state index in [4.69, 9.17) is 14.5 Å². The quantitative estimate of drug-likeness (QED) is 0.516. The average molecular weight is 374 g/mol. The molecule has 2 heterocycles. The molecule has 0 amide bonds. The molecule has 2 aliphatic heterocycles. The van der Waals surface area contributed by atoms with Gasteiger partial charge in [-0.15, -0.1) is 0 Å². The lowest BCUT2D eigenvalue weighted by atomic mass is 10.0. The smallest absolute Gasteiger partial charge is 0.231 e. The van der Waals surface area contributed by atoms with Gasteiger partial charge < -0.3 is 9.47 Å². The number of aryl methyl sites for hydroxylation is 1. The SMILES string of the molecule is CC[Si](CC)(CC)[C@@H]1CC(CCc2ccc3c(c2)OCO3)=N[C@H]1C(C)C. The number of benzene rings is 1. The Labute approximate surface area is 160 Å². The summed E-state index contributed by atoms with van der Waals surface area (Å²) in [6.45, 7) is 12.4. The van der Waals surface area contributed by atoms with Crippen LogP contribution in [0.1, 0.15) is 53.0 Å². The summed E-state index contributed by atoms with van der Waals surface area (Å²) in [6.07, 6.45) is 3.38. The lowest BCUT2D eigenvalue weighted by Crippen LogP contribution is -2.42. The van der Waals surface area contributed by atoms with Crippen molar-refractivity contribution in [3.63, 3.8) is 0 Å². The molecule has 0 spiro atoms. The maximum absolute atomic E-state index is 5.52. The molecule has 0 aliphatic carbocycles. The number of aliphatic imine (C=N–C) groups is 1. The number of rotatable bonds is 8. The predicted octanol–water partition coefficient (Wildman–Crippen LogP) is 6.10. The van der Waals surface area contributed by atoms with Gasteiger partial charge in [-0.2, -0.15) is 0 Å². The minimum atomic E-state index is -1.23. The lowest BCUT2D eigenvalue weighted by Gasteiger charge is -2.39. The first-order valence-corrected chi connectivity index (χ1v) is 13.2. The van der Waals surface area contributed by atoms with Gasteiger partial charge in [-0.1, -0.05) is 58.8 Å². The highest BCUT2D eigenvalue weighted by Gasteiger charge is 2.45. The van der Waals surface area contributed by atoms with E-state index in [0.29, 0.717) is 18.8 Å². The maximum atomic E-state index is 5.52. The summed E-state index contributed by atoms with van der Waals surface area (Å²) in [6, 6.07) is 11.1. The number of hydrogen-bond donors (Lipinski definition) is 0. The standard InChI is InChI=1S/C22H35NO2Si/c1-6-26(7-2,8-3)21-14-18(23-22(21)16(4)5)11-9-17-10-12-19-20(13-17)25-15-24-19/h10,12-13,16,21-22H,6-9,11,14-15H2,1-5H3/t21-,22+/m1/s1. The molecule has 3 rings (SSSR count). The van der Waals surface area contributed by atoms with Crippen molar-refractivity contribution in [1.29, 1.82) is 0 Å². The molecule has 0 radical (unpaired) electrons. The molecule has 2 aliphatic rings. The molecule has 0 saturated carbocycles. The van der Waals surface area contributed by atoms with Gasteiger partial charge in [-0.05, 0) is 48.4 Å². The van der Waals surface area contributed by atoms with Gasteiger partial charge in [-0.25, -0.2) is 0 Å². The largest absolute Gasteiger partial charge is 0.454 e. The van der Waals surface area contributed by atoms with Crippen molar-refractivity contribution in [3.05, 3.63) is 23.8 Å². The Hall–Kier alpha value is -1.29. The van der Waals surface area contributed by atoms with Crippen LogP contribution in [-0.2, 0) is 6.42 Å². The first kappa shape index (κ1) is 19.5. The second kappa shape index (κ2) is 8.16. The monoisotopic (exact) mass is 373 g/mol. The van der Waals surface area contributed by atoms with Crippen LogP contribution >= 0.6 is 0 Å². The van der Waals surface area contributed by atoms with Gasteiger partial charge in [0.2, 0.25) is 6.79 Å². The van der Waals surface area contributed by atoms with E-state index >= 15 is 0 Å². The Kier molecular flexibility index (Phi) is 6.11. The molecular weight excluding hydrogens is 338 g/mol. The van der Waals surface area contributed by atoms with Crippen LogP contribution in [0.2, 0.25) is 23.7 Å². The third kappa shape index (κ3) is 3.71. The Morgan fingerprint density at radius 1 is 1.04 bits per heavy atom. The van der Waals surface area contributed by atoms with E-state index in [2.05, 4.69) is 46.8 Å². The van der Waals surface area contributed by atoms with Crippen LogP contribution in [0.15, 0.2) is 23.2 Å². The second-order valence-electron chi connectivity index (χ2n) is 8.35. The topological polar surface area (TPSA) is 30.8 Å². The van der Waals surface area contributed by atoms with Crippen molar-refractivity contribution in [1.82, 2.24) is 0 Å². The molecule has 4 heteroatoms. The summed E-state index contributed by atoms with van der Waals surface area (Å²) in [5.74, 6) is 2.42. The van der Waals surface area contributed by atoms with Crippen molar-refractivity contribution < 1.29 is 9.47 Å². The first-order chi connectivity index (χ1) is 12.5. The molecule has 0 N–H and O–H groups in total. The van der Waals surface area contributed by atoms with Gasteiger partial charge in [0.15, 0.2) is 11.5 Å². The van der Waals surface area contributed by atoms with E-state index < -0.39 is 8.07 Å². The Bertz CT molecular complexity index is 643. The fraction of sp³-hybridized carbons (Fsp3) is 0.682. The molecule has 0 bridgehead atoms. The van der Waals surface area contributed by atoms with Crippen molar-refractivity contribution in [2.45, 2.75) is 83.6 Å². The zero-order valence-electron chi connectivity index (χ0n) is 17.2. The molecule has 0 unspecified atom stereocenters. The zero-order valence-corrected chi connectivity index (χ0v) is 18.2. The third-order valence-corrected chi connectivity index (χ3v) is 13.3. The summed E-state index contributed by atoms with van der Waals surface area (Å²) >= 11 is 0. The van der Waals surface area contributed by atoms with Gasteiger partial charge in [0.1, 0.15) is 0 Å². The molecular formula is C22H35NO2Si. The molecule has 1 aromatic carbocycles. The highest BCUT2D eigenvalue weighted by atomic mass is 28.3. The number of nitrogens with zero attached hydrogens (tertiary/aromatic N) is 1. The maximum Gasteiger partial charge on any atom is 0.231 e. The molecule has 2 atom stereocenters. The van der Waals surface area contributed by atoms with Gasteiger partial charge in [-0.3, -0.25) is 4.99 Å². The highest BCUT2D eigenvalue weighted by molar-refractivity contribution is 6.81.